The van der Waals surface area contributed by atoms with Gasteiger partial charge in [-0.25, -0.2) is 27.4 Å². The second kappa shape index (κ2) is 18.7. The fourth-order valence-corrected chi connectivity index (χ4v) is 4.95. The monoisotopic (exact) mass is 756 g/mol. The minimum absolute atomic E-state index is 0. The number of rotatable bonds is 6. The number of hydrogen-bond donors (Lipinski definition) is 18. The van der Waals surface area contributed by atoms with Crippen LogP contribution >= 0.6 is 46.9 Å². The molecule has 0 radical (unpaired) electrons. The van der Waals surface area contributed by atoms with Crippen molar-refractivity contribution in [1.82, 2.24) is 0 Å². The second-order valence-electron chi connectivity index (χ2n) is 6.13. The van der Waals surface area contributed by atoms with Crippen LogP contribution in [0, 0.1) is 0 Å². The predicted octanol–water partition coefficient (Wildman–Crippen LogP) is -6.43. The first-order valence-corrected chi connectivity index (χ1v) is 17.3. The molecule has 0 atom stereocenters. The summed E-state index contributed by atoms with van der Waals surface area (Å²) < 4.78 is 66.6. The van der Waals surface area contributed by atoms with E-state index in [0.29, 0.717) is 0 Å². The van der Waals surface area contributed by atoms with E-state index in [0.717, 1.165) is 0 Å². The molecule has 18 N–H and O–H groups in total. The summed E-state index contributed by atoms with van der Waals surface area (Å²) in [6.07, 6.45) is -9.84. The maximum atomic E-state index is 9.63. The molecule has 0 aromatic carbocycles. The Morgan fingerprint density at radius 3 is 0.425 bits per heavy atom. The second-order valence-corrected chi connectivity index (χ2v) is 14.0. The van der Waals surface area contributed by atoms with Crippen molar-refractivity contribution in [2.45, 2.75) is 36.6 Å². The summed E-state index contributed by atoms with van der Waals surface area (Å²) in [5.74, 6) is 0. The van der Waals surface area contributed by atoms with Crippen LogP contribution in [0.1, 0.15) is 2.85 Å². The molecule has 1 fully saturated rings. The van der Waals surface area contributed by atoms with Crippen LogP contribution in [0.5, 0.6) is 0 Å². The molecule has 0 saturated heterocycles. The van der Waals surface area contributed by atoms with Crippen LogP contribution in [0.25, 0.3) is 0 Å². The smallest absolute Gasteiger partial charge is 1.00 e. The third-order valence-corrected chi connectivity index (χ3v) is 7.84. The quantitative estimate of drug-likeness (QED) is 0.0885. The third-order valence-electron chi connectivity index (χ3n) is 2.74. The van der Waals surface area contributed by atoms with Crippen LogP contribution < -0.4 is 0 Å². The van der Waals surface area contributed by atoms with E-state index in [1.165, 1.54) is 0 Å². The van der Waals surface area contributed by atoms with Gasteiger partial charge in [0.05, 0.1) is 0 Å². The molecule has 34 heteroatoms. The minimum atomic E-state index is -5.05. The molecule has 0 aromatic heterocycles. The van der Waals surface area contributed by atoms with Crippen molar-refractivity contribution >= 4 is 84.7 Å². The van der Waals surface area contributed by atoms with Crippen molar-refractivity contribution in [2.75, 3.05) is 0 Å². The van der Waals surface area contributed by atoms with Crippen LogP contribution in [0.2, 0.25) is 0 Å². The van der Waals surface area contributed by atoms with Gasteiger partial charge in [0.1, 0.15) is 36.6 Å². The van der Waals surface area contributed by atoms with Gasteiger partial charge in [-0.15, -0.1) is 0 Å². The topological polar surface area (TPSA) is 494 Å². The molecule has 0 heterocycles. The SMILES string of the molecule is O=P(O)(O)OP(=O)(O)O.O=P(O)(O)OP(=O)(O)O.O=P(O)(O)OP(=O)(O)O.OC1C(O)C(O)C(O)C(O)C1O.[Ca+2].[H-].[H-]. The van der Waals surface area contributed by atoms with Crippen LogP contribution in [-0.4, -0.2) is 164 Å². The van der Waals surface area contributed by atoms with Gasteiger partial charge in [-0.05, 0) is 0 Å². The van der Waals surface area contributed by atoms with E-state index in [-0.39, 0.29) is 40.6 Å². The Kier molecular flexibility index (Phi) is 22.8. The van der Waals surface area contributed by atoms with Gasteiger partial charge >= 0.3 is 84.7 Å². The fraction of sp³-hybridized carbons (Fsp3) is 1.00. The van der Waals surface area contributed by atoms with Crippen LogP contribution in [-0.2, 0) is 40.3 Å². The van der Waals surface area contributed by atoms with E-state index in [4.69, 9.17) is 89.4 Å². The summed E-state index contributed by atoms with van der Waals surface area (Å²) in [5.41, 5.74) is 0. The zero-order valence-electron chi connectivity index (χ0n) is 20.6. The Hall–Kier alpha value is 1.80. The molecule has 1 aliphatic carbocycles. The number of phosphoric acid groups is 6. The zero-order chi connectivity index (χ0) is 32.6. The molecule has 0 spiro atoms. The first-order chi connectivity index (χ1) is 16.6. The van der Waals surface area contributed by atoms with Crippen LogP contribution in [0.4, 0.5) is 0 Å². The van der Waals surface area contributed by atoms with Crippen LogP contribution in [0.15, 0.2) is 0 Å². The Morgan fingerprint density at radius 2 is 0.400 bits per heavy atom. The van der Waals surface area contributed by atoms with E-state index in [2.05, 4.69) is 12.9 Å². The molecule has 1 saturated carbocycles. The number of hydrogen-bond acceptors (Lipinski definition) is 15. The maximum Gasteiger partial charge on any atom is 2.00 e. The first-order valence-electron chi connectivity index (χ1n) is 8.14. The van der Waals surface area contributed by atoms with Gasteiger partial charge < -0.3 is 92.2 Å². The Bertz CT molecular complexity index is 802. The van der Waals surface area contributed by atoms with Gasteiger partial charge in [0.25, 0.3) is 0 Å². The molecular weight excluding hydrogens is 730 g/mol. The van der Waals surface area contributed by atoms with Crippen molar-refractivity contribution in [3.63, 3.8) is 0 Å². The normalized spacial score (nSPS) is 25.9. The van der Waals surface area contributed by atoms with Gasteiger partial charge in [-0.1, -0.05) is 0 Å². The summed E-state index contributed by atoms with van der Waals surface area (Å²) >= 11 is 0. The average molecular weight is 756 g/mol. The van der Waals surface area contributed by atoms with Crippen molar-refractivity contribution in [3.05, 3.63) is 0 Å². The zero-order valence-corrected chi connectivity index (χ0v) is 26.2. The van der Waals surface area contributed by atoms with E-state index >= 15 is 0 Å². The molecule has 1 aliphatic rings. The molecular formula is C6H26CaO27P6. The van der Waals surface area contributed by atoms with Crippen molar-refractivity contribution in [3.8, 4) is 0 Å². The molecule has 0 aliphatic heterocycles. The van der Waals surface area contributed by atoms with Crippen LogP contribution in [0.3, 0.4) is 0 Å². The van der Waals surface area contributed by atoms with E-state index < -0.39 is 83.6 Å². The Balaban J connectivity index is -0.000000101. The fourth-order valence-electron chi connectivity index (χ4n) is 1.63. The Morgan fingerprint density at radius 1 is 0.325 bits per heavy atom. The van der Waals surface area contributed by atoms with Crippen molar-refractivity contribution in [1.29, 1.82) is 0 Å². The molecule has 0 amide bonds. The van der Waals surface area contributed by atoms with Gasteiger partial charge in [0.15, 0.2) is 0 Å². The van der Waals surface area contributed by atoms with Gasteiger partial charge in [-0.2, -0.15) is 12.9 Å². The molecule has 0 unspecified atom stereocenters. The number of aliphatic hydroxyl groups excluding tert-OH is 6. The third kappa shape index (κ3) is 31.2. The summed E-state index contributed by atoms with van der Waals surface area (Å²) in [6.45, 7) is 0. The largest absolute Gasteiger partial charge is 2.00 e. The predicted molar refractivity (Wildman–Crippen MR) is 120 cm³/mol. The van der Waals surface area contributed by atoms with Gasteiger partial charge in [-0.3, -0.25) is 0 Å². The molecule has 27 nitrogen and oxygen atoms in total. The number of aliphatic hydroxyl groups is 6. The van der Waals surface area contributed by atoms with Gasteiger partial charge in [0, 0.05) is 0 Å². The summed E-state index contributed by atoms with van der Waals surface area (Å²) in [7, 11) is -30.3. The molecule has 1 rings (SSSR count). The molecule has 0 aromatic rings. The van der Waals surface area contributed by atoms with Gasteiger partial charge in [0.2, 0.25) is 0 Å². The summed E-state index contributed by atoms with van der Waals surface area (Å²) in [6, 6.07) is 0. The molecule has 40 heavy (non-hydrogen) atoms. The van der Waals surface area contributed by atoms with E-state index in [9.17, 15) is 27.4 Å². The van der Waals surface area contributed by atoms with E-state index in [1.54, 1.807) is 0 Å². The molecule has 0 bridgehead atoms. The molecule has 244 valence electrons. The average Bonchev–Trinajstić information content (AvgIpc) is 2.55. The van der Waals surface area contributed by atoms with Crippen molar-refractivity contribution in [2.24, 2.45) is 0 Å². The van der Waals surface area contributed by atoms with E-state index in [1.807, 2.05) is 0 Å². The maximum absolute atomic E-state index is 9.63. The summed E-state index contributed by atoms with van der Waals surface area (Å²) in [4.78, 5) is 93.0. The first kappa shape index (κ1) is 48.7. The Labute approximate surface area is 253 Å². The minimum Gasteiger partial charge on any atom is -1.00 e. The standard InChI is InChI=1S/C6H12O6.Ca.3H4O7P2.2H/c7-1-2(8)4(10)6(12)5(11)3(1)9;;3*1-8(2,3)7-9(4,5)6;;/h1-12H;;3*(H2,1,2,3)(H2,4,5,6);;/q;+2;;;;2*-1. The summed E-state index contributed by atoms with van der Waals surface area (Å²) in [5, 5.41) is 53.8. The van der Waals surface area contributed by atoms with Crippen molar-refractivity contribution < 1.29 is 133 Å².